The Morgan fingerprint density at radius 1 is 1.05 bits per heavy atom. The molecule has 2 aromatic carbocycles. The summed E-state index contributed by atoms with van der Waals surface area (Å²) < 4.78 is 0. The molecular weight excluding hydrogens is 276 g/mol. The number of urea groups is 1. The zero-order chi connectivity index (χ0) is 15.4. The molecule has 0 spiro atoms. The Balaban J connectivity index is 1.69. The predicted octanol–water partition coefficient (Wildman–Crippen LogP) is 3.02. The Labute approximate surface area is 129 Å². The highest BCUT2D eigenvalue weighted by atomic mass is 16.2. The van der Waals surface area contributed by atoms with Gasteiger partial charge in [-0.1, -0.05) is 30.3 Å². The lowest BCUT2D eigenvalue weighted by atomic mass is 10.1. The number of hydrogen-bond donors (Lipinski definition) is 2. The number of benzene rings is 2. The molecule has 0 aromatic heterocycles. The molecule has 2 amide bonds. The maximum absolute atomic E-state index is 12.0. The summed E-state index contributed by atoms with van der Waals surface area (Å²) >= 11 is 0. The Morgan fingerprint density at radius 3 is 2.50 bits per heavy atom. The van der Waals surface area contributed by atoms with E-state index in [0.717, 1.165) is 35.9 Å². The van der Waals surface area contributed by atoms with Gasteiger partial charge < -0.3 is 15.5 Å². The normalized spacial score (nSPS) is 13.7. The monoisotopic (exact) mass is 294 g/mol. The zero-order valence-electron chi connectivity index (χ0n) is 12.4. The molecule has 112 valence electrons. The van der Waals surface area contributed by atoms with Gasteiger partial charge in [-0.15, -0.1) is 0 Å². The van der Waals surface area contributed by atoms with Crippen molar-refractivity contribution in [2.45, 2.75) is 0 Å². The average Bonchev–Trinajstić information content (AvgIpc) is 2.94. The van der Waals surface area contributed by atoms with Crippen LogP contribution in [0.1, 0.15) is 5.56 Å². The summed E-state index contributed by atoms with van der Waals surface area (Å²) in [5.41, 5.74) is 2.52. The summed E-state index contributed by atoms with van der Waals surface area (Å²) in [7, 11) is 2.02. The van der Waals surface area contributed by atoms with E-state index < -0.39 is 0 Å². The first-order valence-electron chi connectivity index (χ1n) is 7.21. The van der Waals surface area contributed by atoms with E-state index in [1.54, 1.807) is 0 Å². The molecule has 2 aromatic rings. The highest BCUT2D eigenvalue weighted by Crippen LogP contribution is 2.15. The lowest BCUT2D eigenvalue weighted by molar-refractivity contribution is 0.262. The van der Waals surface area contributed by atoms with Crippen LogP contribution in [0.4, 0.5) is 16.2 Å². The third-order valence-corrected chi connectivity index (χ3v) is 3.47. The molecule has 2 N–H and O–H groups in total. The number of nitrogens with one attached hydrogen (secondary N) is 2. The number of amides is 2. The van der Waals surface area contributed by atoms with E-state index in [9.17, 15) is 4.79 Å². The van der Waals surface area contributed by atoms with E-state index >= 15 is 0 Å². The molecule has 0 radical (unpaired) electrons. The number of anilines is 2. The van der Waals surface area contributed by atoms with Gasteiger partial charge in [0.1, 0.15) is 5.84 Å². The number of carbonyl (C=O) groups is 1. The lowest BCUT2D eigenvalue weighted by Crippen LogP contribution is -2.24. The van der Waals surface area contributed by atoms with Crippen LogP contribution in [0, 0.1) is 0 Å². The van der Waals surface area contributed by atoms with Gasteiger partial charge in [0.15, 0.2) is 0 Å². The van der Waals surface area contributed by atoms with Gasteiger partial charge in [0.2, 0.25) is 0 Å². The van der Waals surface area contributed by atoms with Crippen molar-refractivity contribution in [3.63, 3.8) is 0 Å². The highest BCUT2D eigenvalue weighted by Gasteiger charge is 2.14. The number of carbonyl (C=O) groups excluding carboxylic acids is 1. The average molecular weight is 294 g/mol. The van der Waals surface area contributed by atoms with Crippen LogP contribution in [0.15, 0.2) is 59.6 Å². The smallest absolute Gasteiger partial charge is 0.323 e. The summed E-state index contributed by atoms with van der Waals surface area (Å²) in [5.74, 6) is 0.965. The number of para-hydroxylation sites is 1. The first-order chi connectivity index (χ1) is 10.7. The van der Waals surface area contributed by atoms with Gasteiger partial charge in [0.05, 0.1) is 6.54 Å². The fourth-order valence-electron chi connectivity index (χ4n) is 2.40. The van der Waals surface area contributed by atoms with Crippen molar-refractivity contribution < 1.29 is 4.79 Å². The first kappa shape index (κ1) is 14.1. The largest absolute Gasteiger partial charge is 0.358 e. The van der Waals surface area contributed by atoms with Gasteiger partial charge >= 0.3 is 6.03 Å². The Bertz CT molecular complexity index is 697. The van der Waals surface area contributed by atoms with Crippen LogP contribution >= 0.6 is 0 Å². The lowest BCUT2D eigenvalue weighted by Gasteiger charge is -2.15. The van der Waals surface area contributed by atoms with Crippen LogP contribution < -0.4 is 10.6 Å². The fraction of sp³-hybridized carbons (Fsp3) is 0.176. The van der Waals surface area contributed by atoms with Crippen molar-refractivity contribution in [1.29, 1.82) is 0 Å². The van der Waals surface area contributed by atoms with E-state index in [4.69, 9.17) is 0 Å². The number of amidine groups is 1. The van der Waals surface area contributed by atoms with Gasteiger partial charge in [-0.2, -0.15) is 0 Å². The Morgan fingerprint density at radius 2 is 1.77 bits per heavy atom. The minimum Gasteiger partial charge on any atom is -0.358 e. The molecule has 5 nitrogen and oxygen atoms in total. The molecule has 0 aliphatic carbocycles. The molecule has 22 heavy (non-hydrogen) atoms. The summed E-state index contributed by atoms with van der Waals surface area (Å²) in [6.07, 6.45) is 0. The topological polar surface area (TPSA) is 56.7 Å². The SMILES string of the molecule is CN1CCN=C1c1cccc(NC(=O)Nc2ccccc2)c1. The fourth-order valence-corrected chi connectivity index (χ4v) is 2.40. The standard InChI is InChI=1S/C17H18N4O/c1-21-11-10-18-16(21)13-6-5-9-15(12-13)20-17(22)19-14-7-3-2-4-8-14/h2-9,12H,10-11H2,1H3,(H2,19,20,22). The Kier molecular flexibility index (Phi) is 4.05. The van der Waals surface area contributed by atoms with Crippen molar-refractivity contribution >= 4 is 23.2 Å². The molecular formula is C17H18N4O. The molecule has 0 saturated heterocycles. The minimum atomic E-state index is -0.259. The molecule has 1 heterocycles. The van der Waals surface area contributed by atoms with Crippen molar-refractivity contribution in [1.82, 2.24) is 4.90 Å². The quantitative estimate of drug-likeness (QED) is 0.914. The molecule has 0 atom stereocenters. The van der Waals surface area contributed by atoms with Gasteiger partial charge in [0, 0.05) is 30.5 Å². The maximum atomic E-state index is 12.0. The van der Waals surface area contributed by atoms with Crippen molar-refractivity contribution in [3.8, 4) is 0 Å². The second-order valence-electron chi connectivity index (χ2n) is 5.15. The third kappa shape index (κ3) is 3.25. The number of nitrogens with zero attached hydrogens (tertiary/aromatic N) is 2. The van der Waals surface area contributed by atoms with Crippen LogP contribution in [-0.2, 0) is 0 Å². The highest BCUT2D eigenvalue weighted by molar-refractivity contribution is 6.03. The summed E-state index contributed by atoms with van der Waals surface area (Å²) in [4.78, 5) is 18.6. The summed E-state index contributed by atoms with van der Waals surface area (Å²) in [6.45, 7) is 1.75. The zero-order valence-corrected chi connectivity index (χ0v) is 12.4. The van der Waals surface area contributed by atoms with Crippen LogP contribution in [0.5, 0.6) is 0 Å². The minimum absolute atomic E-state index is 0.259. The maximum Gasteiger partial charge on any atom is 0.323 e. The first-order valence-corrected chi connectivity index (χ1v) is 7.21. The van der Waals surface area contributed by atoms with Crippen LogP contribution in [0.25, 0.3) is 0 Å². The van der Waals surface area contributed by atoms with Crippen molar-refractivity contribution in [3.05, 3.63) is 60.2 Å². The number of hydrogen-bond acceptors (Lipinski definition) is 3. The molecule has 0 unspecified atom stereocenters. The summed E-state index contributed by atoms with van der Waals surface area (Å²) in [6, 6.07) is 16.8. The molecule has 0 bridgehead atoms. The number of rotatable bonds is 3. The molecule has 1 aliphatic heterocycles. The van der Waals surface area contributed by atoms with E-state index in [1.807, 2.05) is 61.6 Å². The molecule has 1 aliphatic rings. The van der Waals surface area contributed by atoms with E-state index in [2.05, 4.69) is 20.5 Å². The second-order valence-corrected chi connectivity index (χ2v) is 5.15. The van der Waals surface area contributed by atoms with E-state index in [-0.39, 0.29) is 6.03 Å². The van der Waals surface area contributed by atoms with Crippen molar-refractivity contribution in [2.24, 2.45) is 4.99 Å². The molecule has 3 rings (SSSR count). The summed E-state index contributed by atoms with van der Waals surface area (Å²) in [5, 5.41) is 5.64. The predicted molar refractivity (Wildman–Crippen MR) is 89.6 cm³/mol. The van der Waals surface area contributed by atoms with Crippen LogP contribution in [-0.4, -0.2) is 36.9 Å². The van der Waals surface area contributed by atoms with Gasteiger partial charge in [0.25, 0.3) is 0 Å². The van der Waals surface area contributed by atoms with Gasteiger partial charge in [-0.05, 0) is 24.3 Å². The van der Waals surface area contributed by atoms with Crippen LogP contribution in [0.3, 0.4) is 0 Å². The van der Waals surface area contributed by atoms with E-state index in [1.165, 1.54) is 0 Å². The Hall–Kier alpha value is -2.82. The number of likely N-dealkylation sites (N-methyl/N-ethyl adjacent to an activating group) is 1. The third-order valence-electron chi connectivity index (χ3n) is 3.47. The van der Waals surface area contributed by atoms with Crippen LogP contribution in [0.2, 0.25) is 0 Å². The van der Waals surface area contributed by atoms with Crippen molar-refractivity contribution in [2.75, 3.05) is 30.8 Å². The van der Waals surface area contributed by atoms with Gasteiger partial charge in [-0.25, -0.2) is 4.79 Å². The second kappa shape index (κ2) is 6.30. The van der Waals surface area contributed by atoms with E-state index in [0.29, 0.717) is 0 Å². The molecule has 5 heteroatoms. The number of aliphatic imine (C=N–C) groups is 1. The van der Waals surface area contributed by atoms with Gasteiger partial charge in [-0.3, -0.25) is 4.99 Å². The molecule has 0 fully saturated rings. The molecule has 0 saturated carbocycles.